The summed E-state index contributed by atoms with van der Waals surface area (Å²) in [5.74, 6) is 0.952. The molecule has 0 spiro atoms. The van der Waals surface area contributed by atoms with Gasteiger partial charge in [0.1, 0.15) is 6.17 Å². The third-order valence-electron chi connectivity index (χ3n) is 7.59. The molecule has 1 aliphatic carbocycles. The van der Waals surface area contributed by atoms with Crippen molar-refractivity contribution in [3.8, 4) is 0 Å². The molecule has 6 rings (SSSR count). The lowest BCUT2D eigenvalue weighted by molar-refractivity contribution is 0.290. The van der Waals surface area contributed by atoms with E-state index in [0.29, 0.717) is 0 Å². The van der Waals surface area contributed by atoms with E-state index in [4.69, 9.17) is 5.10 Å². The van der Waals surface area contributed by atoms with Gasteiger partial charge in [-0.2, -0.15) is 5.10 Å². The molecule has 2 aliphatic rings. The highest BCUT2D eigenvalue weighted by Gasteiger charge is 2.35. The second-order valence-corrected chi connectivity index (χ2v) is 10.3. The Bertz CT molecular complexity index is 1530. The average Bonchev–Trinajstić information content (AvgIpc) is 3.33. The molecule has 0 saturated carbocycles. The van der Waals surface area contributed by atoms with Crippen LogP contribution in [0.15, 0.2) is 138 Å². The molecule has 0 radical (unpaired) electrons. The van der Waals surface area contributed by atoms with Crippen molar-refractivity contribution in [2.24, 2.45) is 5.10 Å². The van der Waals surface area contributed by atoms with Gasteiger partial charge >= 0.3 is 0 Å². The molecule has 4 aromatic carbocycles. The first-order valence-corrected chi connectivity index (χ1v) is 13.6. The predicted octanol–water partition coefficient (Wildman–Crippen LogP) is 8.57. The average molecular weight is 511 g/mol. The summed E-state index contributed by atoms with van der Waals surface area (Å²) in [7, 11) is 2.06. The molecule has 194 valence electrons. The normalized spacial score (nSPS) is 17.0. The van der Waals surface area contributed by atoms with Gasteiger partial charge in [0, 0.05) is 35.4 Å². The number of amidine groups is 1. The minimum absolute atomic E-state index is 0.0564. The fourth-order valence-electron chi connectivity index (χ4n) is 5.58. The van der Waals surface area contributed by atoms with Gasteiger partial charge in [0.15, 0.2) is 5.84 Å². The maximum atomic E-state index is 5.02. The van der Waals surface area contributed by atoms with Crippen molar-refractivity contribution in [1.29, 1.82) is 0 Å². The van der Waals surface area contributed by atoms with Gasteiger partial charge in [-0.3, -0.25) is 9.91 Å². The molecule has 1 heterocycles. The number of nitrogens with zero attached hydrogens (tertiary/aromatic N) is 4. The summed E-state index contributed by atoms with van der Waals surface area (Å²) < 4.78 is 0. The summed E-state index contributed by atoms with van der Waals surface area (Å²) in [6.07, 6.45) is 6.70. The van der Waals surface area contributed by atoms with Crippen molar-refractivity contribution in [3.63, 3.8) is 0 Å². The molecule has 0 amide bonds. The Kier molecular flexibility index (Phi) is 6.76. The summed E-state index contributed by atoms with van der Waals surface area (Å²) >= 11 is 0. The van der Waals surface area contributed by atoms with Crippen LogP contribution in [0.4, 0.5) is 17.1 Å². The fourth-order valence-corrected chi connectivity index (χ4v) is 5.58. The van der Waals surface area contributed by atoms with Crippen LogP contribution in [-0.2, 0) is 0 Å². The first-order valence-electron chi connectivity index (χ1n) is 13.6. The molecule has 1 atom stereocenters. The third kappa shape index (κ3) is 4.74. The molecule has 1 aliphatic heterocycles. The zero-order chi connectivity index (χ0) is 26.8. The van der Waals surface area contributed by atoms with Crippen LogP contribution in [0.25, 0.3) is 0 Å². The number of para-hydroxylation sites is 2. The molecule has 1 unspecified atom stereocenters. The van der Waals surface area contributed by atoms with Crippen molar-refractivity contribution < 1.29 is 0 Å². The van der Waals surface area contributed by atoms with Crippen molar-refractivity contribution in [2.45, 2.75) is 32.9 Å². The molecular formula is C35H34N4. The molecule has 0 fully saturated rings. The zero-order valence-electron chi connectivity index (χ0n) is 22.8. The van der Waals surface area contributed by atoms with E-state index in [1.165, 1.54) is 28.1 Å². The van der Waals surface area contributed by atoms with Crippen molar-refractivity contribution >= 4 is 22.9 Å². The lowest BCUT2D eigenvalue weighted by Gasteiger charge is -2.33. The summed E-state index contributed by atoms with van der Waals surface area (Å²) in [6, 6.07) is 38.6. The van der Waals surface area contributed by atoms with E-state index in [-0.39, 0.29) is 6.17 Å². The SMILES string of the molecule is CC1=C(N(c2ccc(C3N(C)N=C(c4ccccc4)N3c3ccccc3)cc2)c2ccccc2C)C=CCC1. The highest BCUT2D eigenvalue weighted by molar-refractivity contribution is 6.11. The van der Waals surface area contributed by atoms with Crippen molar-refractivity contribution in [2.75, 3.05) is 16.8 Å². The first-order chi connectivity index (χ1) is 19.1. The smallest absolute Gasteiger partial charge is 0.162 e. The standard InChI is InChI=1S/C35H34N4/c1-26-14-10-12-20-32(26)38(33-21-13-11-15-27(33)2)31-24-22-29(23-25-31)35-37(3)36-34(28-16-6-4-7-17-28)39(35)30-18-8-5-9-19-30/h4-10,12-14,16-25,35H,11,15H2,1-3H3. The Balaban J connectivity index is 1.41. The second-order valence-electron chi connectivity index (χ2n) is 10.3. The maximum Gasteiger partial charge on any atom is 0.162 e. The van der Waals surface area contributed by atoms with Gasteiger partial charge < -0.3 is 4.90 Å². The summed E-state index contributed by atoms with van der Waals surface area (Å²) in [4.78, 5) is 4.74. The number of benzene rings is 4. The topological polar surface area (TPSA) is 22.1 Å². The van der Waals surface area contributed by atoms with Crippen LogP contribution in [-0.4, -0.2) is 17.9 Å². The Hall–Kier alpha value is -4.57. The third-order valence-corrected chi connectivity index (χ3v) is 7.59. The van der Waals surface area contributed by atoms with E-state index in [2.05, 4.69) is 151 Å². The van der Waals surface area contributed by atoms with Gasteiger partial charge in [-0.05, 0) is 79.8 Å². The molecule has 4 aromatic rings. The van der Waals surface area contributed by atoms with Crippen LogP contribution in [0.3, 0.4) is 0 Å². The molecule has 39 heavy (non-hydrogen) atoms. The number of anilines is 3. The van der Waals surface area contributed by atoms with Gasteiger partial charge in [-0.25, -0.2) is 0 Å². The number of hydrogen-bond donors (Lipinski definition) is 0. The Labute approximate surface area is 231 Å². The summed E-state index contributed by atoms with van der Waals surface area (Å²) in [6.45, 7) is 4.44. The molecule has 0 aromatic heterocycles. The minimum Gasteiger partial charge on any atom is -0.310 e. The lowest BCUT2D eigenvalue weighted by atomic mass is 10.0. The largest absolute Gasteiger partial charge is 0.310 e. The van der Waals surface area contributed by atoms with Crippen LogP contribution in [0.2, 0.25) is 0 Å². The summed E-state index contributed by atoms with van der Waals surface area (Å²) in [5.41, 5.74) is 9.72. The van der Waals surface area contributed by atoms with E-state index >= 15 is 0 Å². The van der Waals surface area contributed by atoms with E-state index in [9.17, 15) is 0 Å². The van der Waals surface area contributed by atoms with Gasteiger partial charge in [0.2, 0.25) is 0 Å². The van der Waals surface area contributed by atoms with E-state index in [1.807, 2.05) is 6.07 Å². The van der Waals surface area contributed by atoms with Gasteiger partial charge in [-0.15, -0.1) is 0 Å². The predicted molar refractivity (Wildman–Crippen MR) is 163 cm³/mol. The highest BCUT2D eigenvalue weighted by atomic mass is 15.6. The minimum atomic E-state index is -0.0564. The number of hydrazone groups is 1. The highest BCUT2D eigenvalue weighted by Crippen LogP contribution is 2.39. The van der Waals surface area contributed by atoms with Gasteiger partial charge in [0.05, 0.1) is 0 Å². The molecule has 4 heteroatoms. The zero-order valence-corrected chi connectivity index (χ0v) is 22.8. The first kappa shape index (κ1) is 24.7. The van der Waals surface area contributed by atoms with E-state index in [1.54, 1.807) is 0 Å². The molecule has 0 N–H and O–H groups in total. The molecule has 4 nitrogen and oxygen atoms in total. The number of hydrogen-bond acceptors (Lipinski definition) is 4. The van der Waals surface area contributed by atoms with E-state index in [0.717, 1.165) is 35.6 Å². The summed E-state index contributed by atoms with van der Waals surface area (Å²) in [5, 5.41) is 7.09. The van der Waals surface area contributed by atoms with Gasteiger partial charge in [-0.1, -0.05) is 84.9 Å². The Morgan fingerprint density at radius 1 is 0.769 bits per heavy atom. The van der Waals surface area contributed by atoms with Crippen LogP contribution in [0.1, 0.15) is 42.6 Å². The fraction of sp³-hybridized carbons (Fsp3) is 0.171. The Morgan fingerprint density at radius 2 is 1.44 bits per heavy atom. The maximum absolute atomic E-state index is 5.02. The monoisotopic (exact) mass is 510 g/mol. The number of rotatable bonds is 6. The number of allylic oxidation sites excluding steroid dienone is 3. The quantitative estimate of drug-likeness (QED) is 0.259. The molecular weight excluding hydrogens is 476 g/mol. The van der Waals surface area contributed by atoms with Crippen LogP contribution >= 0.6 is 0 Å². The van der Waals surface area contributed by atoms with Crippen LogP contribution in [0.5, 0.6) is 0 Å². The molecule has 0 bridgehead atoms. The molecule has 0 saturated heterocycles. The lowest BCUT2D eigenvalue weighted by Crippen LogP contribution is -2.34. The van der Waals surface area contributed by atoms with Gasteiger partial charge in [0.25, 0.3) is 0 Å². The van der Waals surface area contributed by atoms with Crippen LogP contribution < -0.4 is 9.80 Å². The van der Waals surface area contributed by atoms with Crippen LogP contribution in [0, 0.1) is 6.92 Å². The van der Waals surface area contributed by atoms with Crippen molar-refractivity contribution in [1.82, 2.24) is 5.01 Å². The number of aryl methyl sites for hydroxylation is 1. The second kappa shape index (κ2) is 10.7. The van der Waals surface area contributed by atoms with E-state index < -0.39 is 0 Å². The Morgan fingerprint density at radius 3 is 2.13 bits per heavy atom. The van der Waals surface area contributed by atoms with Crippen molar-refractivity contribution in [3.05, 3.63) is 149 Å².